The van der Waals surface area contributed by atoms with Crippen molar-refractivity contribution in [3.05, 3.63) is 0 Å². The first kappa shape index (κ1) is 15.8. The van der Waals surface area contributed by atoms with Crippen molar-refractivity contribution in [1.82, 2.24) is 15.1 Å². The van der Waals surface area contributed by atoms with Gasteiger partial charge >= 0.3 is 0 Å². The Morgan fingerprint density at radius 3 is 2.19 bits per heavy atom. The summed E-state index contributed by atoms with van der Waals surface area (Å²) in [7, 11) is 3.95. The van der Waals surface area contributed by atoms with Crippen molar-refractivity contribution < 1.29 is 5.11 Å². The molecule has 0 amide bonds. The second-order valence-corrected chi connectivity index (χ2v) is 4.94. The molecular weight excluding hydrogens is 202 g/mol. The van der Waals surface area contributed by atoms with Crippen molar-refractivity contribution in [3.63, 3.8) is 0 Å². The number of rotatable bonds is 9. The second kappa shape index (κ2) is 8.01. The molecular formula is C12H29N3O. The molecule has 0 saturated carbocycles. The van der Waals surface area contributed by atoms with Crippen LogP contribution < -0.4 is 5.32 Å². The maximum atomic E-state index is 10.0. The zero-order chi connectivity index (χ0) is 12.6. The van der Waals surface area contributed by atoms with E-state index in [0.717, 1.165) is 26.2 Å². The Labute approximate surface area is 101 Å². The number of nitrogens with zero attached hydrogens (tertiary/aromatic N) is 2. The molecule has 0 radical (unpaired) electrons. The summed E-state index contributed by atoms with van der Waals surface area (Å²) in [6.07, 6.45) is 0. The minimum absolute atomic E-state index is 0.645. The van der Waals surface area contributed by atoms with E-state index >= 15 is 0 Å². The summed E-state index contributed by atoms with van der Waals surface area (Å²) in [5.41, 5.74) is -0.646. The largest absolute Gasteiger partial charge is 0.388 e. The lowest BCUT2D eigenvalue weighted by Gasteiger charge is -2.27. The third-order valence-corrected chi connectivity index (χ3v) is 2.66. The fourth-order valence-corrected chi connectivity index (χ4v) is 1.87. The van der Waals surface area contributed by atoms with E-state index in [9.17, 15) is 5.11 Å². The van der Waals surface area contributed by atoms with Crippen molar-refractivity contribution in [2.45, 2.75) is 26.4 Å². The van der Waals surface area contributed by atoms with E-state index in [4.69, 9.17) is 0 Å². The van der Waals surface area contributed by atoms with Crippen LogP contribution >= 0.6 is 0 Å². The summed E-state index contributed by atoms with van der Waals surface area (Å²) < 4.78 is 0. The summed E-state index contributed by atoms with van der Waals surface area (Å²) in [5.74, 6) is 0. The predicted octanol–water partition coefficient (Wildman–Crippen LogP) is 0.230. The Morgan fingerprint density at radius 1 is 1.19 bits per heavy atom. The van der Waals surface area contributed by atoms with Crippen LogP contribution in [0.2, 0.25) is 0 Å². The van der Waals surface area contributed by atoms with Crippen LogP contribution in [0.15, 0.2) is 0 Å². The highest BCUT2D eigenvalue weighted by Gasteiger charge is 2.20. The molecule has 0 aliphatic heterocycles. The first-order valence-electron chi connectivity index (χ1n) is 6.21. The van der Waals surface area contributed by atoms with Gasteiger partial charge in [0.25, 0.3) is 0 Å². The predicted molar refractivity (Wildman–Crippen MR) is 69.8 cm³/mol. The summed E-state index contributed by atoms with van der Waals surface area (Å²) in [6, 6.07) is 0. The number of aliphatic hydroxyl groups is 1. The lowest BCUT2D eigenvalue weighted by molar-refractivity contribution is 0.0335. The molecule has 2 N–H and O–H groups in total. The van der Waals surface area contributed by atoms with Crippen LogP contribution in [-0.2, 0) is 0 Å². The van der Waals surface area contributed by atoms with E-state index in [2.05, 4.69) is 24.1 Å². The highest BCUT2D eigenvalue weighted by Crippen LogP contribution is 2.02. The van der Waals surface area contributed by atoms with Crippen LogP contribution in [0.3, 0.4) is 0 Å². The second-order valence-electron chi connectivity index (χ2n) is 4.94. The molecule has 0 aliphatic rings. The van der Waals surface area contributed by atoms with E-state index in [1.165, 1.54) is 0 Å². The topological polar surface area (TPSA) is 38.7 Å². The van der Waals surface area contributed by atoms with Gasteiger partial charge < -0.3 is 20.2 Å². The van der Waals surface area contributed by atoms with E-state index in [-0.39, 0.29) is 0 Å². The SMILES string of the molecule is CCN(CC)CCNCC(C)(O)CN(C)C. The fraction of sp³-hybridized carbons (Fsp3) is 1.00. The Kier molecular flexibility index (Phi) is 7.93. The van der Waals surface area contributed by atoms with Crippen molar-refractivity contribution in [1.29, 1.82) is 0 Å². The van der Waals surface area contributed by atoms with Gasteiger partial charge in [0, 0.05) is 26.2 Å². The molecule has 0 saturated heterocycles. The first-order chi connectivity index (χ1) is 7.41. The zero-order valence-corrected chi connectivity index (χ0v) is 11.6. The Balaban J connectivity index is 3.64. The highest BCUT2D eigenvalue weighted by atomic mass is 16.3. The van der Waals surface area contributed by atoms with Crippen LogP contribution in [0.4, 0.5) is 0 Å². The monoisotopic (exact) mass is 231 g/mol. The van der Waals surface area contributed by atoms with E-state index in [1.54, 1.807) is 0 Å². The van der Waals surface area contributed by atoms with E-state index < -0.39 is 5.60 Å². The third-order valence-electron chi connectivity index (χ3n) is 2.66. The zero-order valence-electron chi connectivity index (χ0n) is 11.6. The number of hydrogen-bond donors (Lipinski definition) is 2. The number of hydrogen-bond acceptors (Lipinski definition) is 4. The highest BCUT2D eigenvalue weighted by molar-refractivity contribution is 4.78. The number of likely N-dealkylation sites (N-methyl/N-ethyl adjacent to an activating group) is 2. The molecule has 0 bridgehead atoms. The van der Waals surface area contributed by atoms with Gasteiger partial charge in [-0.25, -0.2) is 0 Å². The smallest absolute Gasteiger partial charge is 0.0869 e. The summed E-state index contributed by atoms with van der Waals surface area (Å²) in [4.78, 5) is 4.37. The van der Waals surface area contributed by atoms with Crippen molar-refractivity contribution in [2.75, 3.05) is 53.4 Å². The molecule has 0 rings (SSSR count). The Hall–Kier alpha value is -0.160. The Bertz CT molecular complexity index is 168. The lowest BCUT2D eigenvalue weighted by Crippen LogP contribution is -2.47. The molecule has 0 aliphatic carbocycles. The van der Waals surface area contributed by atoms with Crippen molar-refractivity contribution in [2.24, 2.45) is 0 Å². The van der Waals surface area contributed by atoms with Crippen LogP contribution in [-0.4, -0.2) is 73.9 Å². The molecule has 1 atom stereocenters. The summed E-state index contributed by atoms with van der Waals surface area (Å²) in [5, 5.41) is 13.4. The maximum Gasteiger partial charge on any atom is 0.0869 e. The maximum absolute atomic E-state index is 10.0. The average molecular weight is 231 g/mol. The quantitative estimate of drug-likeness (QED) is 0.557. The molecule has 0 aromatic carbocycles. The lowest BCUT2D eigenvalue weighted by atomic mass is 10.1. The van der Waals surface area contributed by atoms with Gasteiger partial charge in [0.2, 0.25) is 0 Å². The van der Waals surface area contributed by atoms with Gasteiger partial charge in [0.1, 0.15) is 0 Å². The number of nitrogens with one attached hydrogen (secondary N) is 1. The third kappa shape index (κ3) is 8.05. The molecule has 98 valence electrons. The van der Waals surface area contributed by atoms with E-state index in [0.29, 0.717) is 13.1 Å². The van der Waals surface area contributed by atoms with Crippen LogP contribution in [0.5, 0.6) is 0 Å². The minimum Gasteiger partial charge on any atom is -0.388 e. The molecule has 0 aromatic rings. The molecule has 0 fully saturated rings. The summed E-state index contributed by atoms with van der Waals surface area (Å²) in [6.45, 7) is 11.7. The van der Waals surface area contributed by atoms with Crippen LogP contribution in [0, 0.1) is 0 Å². The first-order valence-corrected chi connectivity index (χ1v) is 6.21. The van der Waals surface area contributed by atoms with Gasteiger partial charge in [-0.05, 0) is 34.1 Å². The normalized spacial score (nSPS) is 15.8. The Morgan fingerprint density at radius 2 is 1.75 bits per heavy atom. The molecule has 0 heterocycles. The van der Waals surface area contributed by atoms with Gasteiger partial charge in [-0.15, -0.1) is 0 Å². The molecule has 16 heavy (non-hydrogen) atoms. The standard InChI is InChI=1S/C12H29N3O/c1-6-15(7-2)9-8-13-10-12(3,16)11-14(4)5/h13,16H,6-11H2,1-5H3. The van der Waals surface area contributed by atoms with Gasteiger partial charge in [-0.3, -0.25) is 0 Å². The fourth-order valence-electron chi connectivity index (χ4n) is 1.87. The van der Waals surface area contributed by atoms with Crippen LogP contribution in [0.25, 0.3) is 0 Å². The van der Waals surface area contributed by atoms with Crippen molar-refractivity contribution in [3.8, 4) is 0 Å². The summed E-state index contributed by atoms with van der Waals surface area (Å²) >= 11 is 0. The molecule has 0 spiro atoms. The van der Waals surface area contributed by atoms with E-state index in [1.807, 2.05) is 25.9 Å². The van der Waals surface area contributed by atoms with Gasteiger partial charge in [-0.1, -0.05) is 13.8 Å². The van der Waals surface area contributed by atoms with Crippen molar-refractivity contribution >= 4 is 0 Å². The molecule has 1 unspecified atom stereocenters. The molecule has 4 heteroatoms. The molecule has 0 aromatic heterocycles. The minimum atomic E-state index is -0.646. The van der Waals surface area contributed by atoms with Gasteiger partial charge in [0.15, 0.2) is 0 Å². The van der Waals surface area contributed by atoms with Crippen LogP contribution in [0.1, 0.15) is 20.8 Å². The van der Waals surface area contributed by atoms with Gasteiger partial charge in [0.05, 0.1) is 5.60 Å². The molecule has 4 nitrogen and oxygen atoms in total. The van der Waals surface area contributed by atoms with Gasteiger partial charge in [-0.2, -0.15) is 0 Å². The average Bonchev–Trinajstić information content (AvgIpc) is 2.16.